The molecule has 0 aliphatic heterocycles. The van der Waals surface area contributed by atoms with E-state index in [1.165, 1.54) is 4.90 Å². The van der Waals surface area contributed by atoms with Crippen LogP contribution in [0.2, 0.25) is 0 Å². The molecule has 2 aromatic carbocycles. The van der Waals surface area contributed by atoms with Crippen LogP contribution in [0.25, 0.3) is 11.0 Å². The van der Waals surface area contributed by atoms with Gasteiger partial charge in [0.05, 0.1) is 12.1 Å². The largest absolute Gasteiger partial charge is 0.422 e. The topological polar surface area (TPSA) is 77.8 Å². The molecule has 3 rings (SSSR count). The van der Waals surface area contributed by atoms with Crippen LogP contribution in [0.15, 0.2) is 45.6 Å². The molecule has 0 bridgehead atoms. The highest BCUT2D eigenvalue weighted by Gasteiger charge is 2.21. The number of anilines is 2. The normalized spacial score (nSPS) is 10.9. The average molecular weight is 459 g/mol. The van der Waals surface area contributed by atoms with Crippen LogP contribution < -0.4 is 20.0 Å². The second-order valence-electron chi connectivity index (χ2n) is 7.75. The first-order valence-corrected chi connectivity index (χ1v) is 10.9. The van der Waals surface area contributed by atoms with E-state index in [9.17, 15) is 9.59 Å². The van der Waals surface area contributed by atoms with Gasteiger partial charge in [-0.15, -0.1) is 0 Å². The van der Waals surface area contributed by atoms with Crippen LogP contribution in [-0.4, -0.2) is 46.0 Å². The maximum absolute atomic E-state index is 15.1. The molecule has 32 heavy (non-hydrogen) atoms. The zero-order valence-corrected chi connectivity index (χ0v) is 19.6. The van der Waals surface area contributed by atoms with Gasteiger partial charge in [-0.05, 0) is 36.4 Å². The lowest BCUT2D eigenvalue weighted by Crippen LogP contribution is -2.25. The maximum atomic E-state index is 15.1. The van der Waals surface area contributed by atoms with Gasteiger partial charge in [-0.3, -0.25) is 4.79 Å². The molecule has 2 N–H and O–H groups in total. The van der Waals surface area contributed by atoms with Crippen molar-refractivity contribution in [3.63, 3.8) is 0 Å². The van der Waals surface area contributed by atoms with Gasteiger partial charge in [0.2, 0.25) is 5.91 Å². The summed E-state index contributed by atoms with van der Waals surface area (Å²) >= 11 is 1.14. The number of carbonyl (C=O) groups excluding carboxylic acids is 1. The second-order valence-corrected chi connectivity index (χ2v) is 8.57. The van der Waals surface area contributed by atoms with E-state index in [2.05, 4.69) is 9.44 Å². The molecule has 3 aromatic rings. The van der Waals surface area contributed by atoms with Crippen LogP contribution in [0.5, 0.6) is 0 Å². The second kappa shape index (κ2) is 10.1. The lowest BCUT2D eigenvalue weighted by atomic mass is 9.95. The summed E-state index contributed by atoms with van der Waals surface area (Å²) in [4.78, 5) is 28.9. The number of carbonyl (C=O) groups is 1. The van der Waals surface area contributed by atoms with Gasteiger partial charge in [0, 0.05) is 69.4 Å². The molecular formula is C23H27FN4O3S. The maximum Gasteiger partial charge on any atom is 0.340 e. The van der Waals surface area contributed by atoms with E-state index < -0.39 is 11.4 Å². The van der Waals surface area contributed by atoms with E-state index in [-0.39, 0.29) is 24.3 Å². The number of rotatable bonds is 8. The summed E-state index contributed by atoms with van der Waals surface area (Å²) in [5, 5.41) is 0.667. The molecule has 0 unspecified atom stereocenters. The van der Waals surface area contributed by atoms with Gasteiger partial charge in [0.1, 0.15) is 5.58 Å². The molecule has 170 valence electrons. The van der Waals surface area contributed by atoms with Crippen molar-refractivity contribution in [2.75, 3.05) is 44.9 Å². The van der Waals surface area contributed by atoms with Crippen molar-refractivity contribution >= 4 is 40.4 Å². The van der Waals surface area contributed by atoms with Gasteiger partial charge in [-0.1, -0.05) is 12.1 Å². The molecule has 9 heteroatoms. The number of benzene rings is 2. The van der Waals surface area contributed by atoms with E-state index in [1.54, 1.807) is 45.4 Å². The Kier molecular flexibility index (Phi) is 7.42. The molecule has 0 atom stereocenters. The van der Waals surface area contributed by atoms with E-state index in [0.717, 1.165) is 17.8 Å². The fraction of sp³-hybridized carbons (Fsp3) is 0.304. The van der Waals surface area contributed by atoms with Gasteiger partial charge in [0.25, 0.3) is 0 Å². The molecule has 7 nitrogen and oxygen atoms in total. The summed E-state index contributed by atoms with van der Waals surface area (Å²) in [6.07, 6.45) is 0.0240. The van der Waals surface area contributed by atoms with Crippen molar-refractivity contribution in [2.24, 2.45) is 0 Å². The summed E-state index contributed by atoms with van der Waals surface area (Å²) in [7, 11) is 8.82. The van der Waals surface area contributed by atoms with Crippen molar-refractivity contribution in [1.82, 2.24) is 9.62 Å². The Morgan fingerprint density at radius 3 is 2.53 bits per heavy atom. The lowest BCUT2D eigenvalue weighted by Gasteiger charge is -2.17. The van der Waals surface area contributed by atoms with Crippen LogP contribution in [0, 0.1) is 5.82 Å². The van der Waals surface area contributed by atoms with Crippen LogP contribution in [0.3, 0.4) is 0 Å². The summed E-state index contributed by atoms with van der Waals surface area (Å²) < 4.78 is 26.4. The van der Waals surface area contributed by atoms with Crippen LogP contribution >= 0.6 is 12.1 Å². The fourth-order valence-corrected chi connectivity index (χ4v) is 3.72. The van der Waals surface area contributed by atoms with Crippen molar-refractivity contribution in [3.8, 4) is 0 Å². The third-order valence-electron chi connectivity index (χ3n) is 5.16. The number of fused-ring (bicyclic) bond motifs is 1. The van der Waals surface area contributed by atoms with Crippen molar-refractivity contribution in [3.05, 3.63) is 69.3 Å². The third kappa shape index (κ3) is 5.05. The smallest absolute Gasteiger partial charge is 0.340 e. The first-order chi connectivity index (χ1) is 15.2. The molecule has 1 heterocycles. The summed E-state index contributed by atoms with van der Waals surface area (Å²) in [5.41, 5.74) is 2.16. The zero-order valence-electron chi connectivity index (χ0n) is 18.8. The molecule has 0 saturated carbocycles. The number of likely N-dealkylation sites (N-methyl/N-ethyl adjacent to an activating group) is 1. The Morgan fingerprint density at radius 2 is 1.88 bits per heavy atom. The fourth-order valence-electron chi connectivity index (χ4n) is 3.35. The number of nitrogens with zero attached hydrogens (tertiary/aromatic N) is 2. The van der Waals surface area contributed by atoms with Crippen LogP contribution in [0.4, 0.5) is 15.8 Å². The Morgan fingerprint density at radius 1 is 1.12 bits per heavy atom. The third-order valence-corrected chi connectivity index (χ3v) is 5.68. The summed E-state index contributed by atoms with van der Waals surface area (Å²) in [5.74, 6) is -0.612. The monoisotopic (exact) mass is 458 g/mol. The molecule has 0 saturated heterocycles. The highest BCUT2D eigenvalue weighted by atomic mass is 32.2. The van der Waals surface area contributed by atoms with Crippen LogP contribution in [-0.2, 0) is 17.6 Å². The number of nitrogens with one attached hydrogen (secondary N) is 2. The molecule has 0 fully saturated rings. The molecule has 1 aromatic heterocycles. The molecule has 1 amide bonds. The number of halogens is 1. The first kappa shape index (κ1) is 23.6. The van der Waals surface area contributed by atoms with E-state index in [4.69, 9.17) is 4.42 Å². The predicted octanol–water partition coefficient (Wildman–Crippen LogP) is 3.41. The number of hydrogen-bond donors (Lipinski definition) is 2. The first-order valence-electron chi connectivity index (χ1n) is 10.0. The number of hydrogen-bond acceptors (Lipinski definition) is 7. The average Bonchev–Trinajstić information content (AvgIpc) is 2.75. The SMILES string of the molecule is CNSNc1cccc(Cc2c(CC(=O)N(C)C)c3ccc(N(C)C)cc3oc2=O)c1F. The molecule has 0 aliphatic carbocycles. The van der Waals surface area contributed by atoms with Gasteiger partial charge in [0.15, 0.2) is 5.82 Å². The molecule has 0 aliphatic rings. The van der Waals surface area contributed by atoms with Gasteiger partial charge in [-0.2, -0.15) is 0 Å². The van der Waals surface area contributed by atoms with Crippen molar-refractivity contribution in [1.29, 1.82) is 0 Å². The van der Waals surface area contributed by atoms with E-state index in [1.807, 2.05) is 31.1 Å². The molecular weight excluding hydrogens is 431 g/mol. The lowest BCUT2D eigenvalue weighted by molar-refractivity contribution is -0.127. The van der Waals surface area contributed by atoms with Crippen molar-refractivity contribution < 1.29 is 13.6 Å². The number of amides is 1. The minimum Gasteiger partial charge on any atom is -0.422 e. The summed E-state index contributed by atoms with van der Waals surface area (Å²) in [6, 6.07) is 10.5. The zero-order chi connectivity index (χ0) is 23.4. The van der Waals surface area contributed by atoms with Crippen LogP contribution in [0.1, 0.15) is 16.7 Å². The minimum absolute atomic E-state index is 0.00925. The Labute approximate surface area is 190 Å². The predicted molar refractivity (Wildman–Crippen MR) is 129 cm³/mol. The summed E-state index contributed by atoms with van der Waals surface area (Å²) in [6.45, 7) is 0. The Bertz CT molecular complexity index is 1190. The Hall–Kier alpha value is -3.04. The van der Waals surface area contributed by atoms with Gasteiger partial charge >= 0.3 is 5.63 Å². The van der Waals surface area contributed by atoms with Gasteiger partial charge in [-0.25, -0.2) is 13.9 Å². The van der Waals surface area contributed by atoms with E-state index >= 15 is 4.39 Å². The quantitative estimate of drug-likeness (QED) is 0.396. The Balaban J connectivity index is 2.15. The molecule has 0 spiro atoms. The van der Waals surface area contributed by atoms with E-state index in [0.29, 0.717) is 27.8 Å². The van der Waals surface area contributed by atoms with Gasteiger partial charge < -0.3 is 18.9 Å². The van der Waals surface area contributed by atoms with Crippen molar-refractivity contribution in [2.45, 2.75) is 12.8 Å². The standard InChI is InChI=1S/C23H27FN4O3S/c1-25-32-26-19-8-6-7-14(22(19)24)11-18-17(13-21(29)28(4)5)16-10-9-15(27(2)3)12-20(16)31-23(18)30/h6-10,12,25-26H,11,13H2,1-5H3. The minimum atomic E-state index is -0.572. The highest BCUT2D eigenvalue weighted by Crippen LogP contribution is 2.28. The molecule has 0 radical (unpaired) electrons. The highest BCUT2D eigenvalue weighted by molar-refractivity contribution is 7.98.